The van der Waals surface area contributed by atoms with Gasteiger partial charge in [-0.05, 0) is 25.1 Å². The Morgan fingerprint density at radius 3 is 3.00 bits per heavy atom. The Labute approximate surface area is 106 Å². The van der Waals surface area contributed by atoms with E-state index in [1.54, 1.807) is 4.90 Å². The molecule has 0 saturated heterocycles. The third-order valence-electron chi connectivity index (χ3n) is 2.99. The summed E-state index contributed by atoms with van der Waals surface area (Å²) in [5.74, 6) is -0.0158. The zero-order valence-electron chi connectivity index (χ0n) is 10.3. The van der Waals surface area contributed by atoms with Crippen molar-refractivity contribution in [1.29, 1.82) is 5.26 Å². The second-order valence-electron chi connectivity index (χ2n) is 4.04. The Hall–Kier alpha value is -2.28. The van der Waals surface area contributed by atoms with Crippen LogP contribution in [0.2, 0.25) is 0 Å². The highest BCUT2D eigenvalue weighted by Crippen LogP contribution is 2.19. The third kappa shape index (κ3) is 2.21. The molecule has 0 unspecified atom stereocenters. The van der Waals surface area contributed by atoms with Gasteiger partial charge in [-0.15, -0.1) is 0 Å². The second kappa shape index (κ2) is 5.37. The van der Waals surface area contributed by atoms with Crippen LogP contribution in [-0.2, 0) is 0 Å². The van der Waals surface area contributed by atoms with Gasteiger partial charge in [0.1, 0.15) is 0 Å². The van der Waals surface area contributed by atoms with E-state index in [2.05, 4.69) is 11.1 Å². The number of hydrogen-bond donors (Lipinski definition) is 1. The van der Waals surface area contributed by atoms with Gasteiger partial charge in [-0.1, -0.05) is 6.07 Å². The van der Waals surface area contributed by atoms with Gasteiger partial charge in [0.15, 0.2) is 0 Å². The van der Waals surface area contributed by atoms with Crippen LogP contribution in [-0.4, -0.2) is 28.9 Å². The maximum Gasteiger partial charge on any atom is 0.254 e. The summed E-state index contributed by atoms with van der Waals surface area (Å²) >= 11 is 0. The molecule has 0 fully saturated rings. The normalized spacial score (nSPS) is 10.2. The number of hydrogen-bond acceptors (Lipinski definition) is 2. The van der Waals surface area contributed by atoms with Crippen LogP contribution in [0.3, 0.4) is 0 Å². The minimum Gasteiger partial charge on any atom is -0.361 e. The number of aromatic amines is 1. The zero-order valence-corrected chi connectivity index (χ0v) is 10.3. The van der Waals surface area contributed by atoms with Crippen molar-refractivity contribution in [2.75, 3.05) is 13.1 Å². The van der Waals surface area contributed by atoms with Crippen LogP contribution < -0.4 is 0 Å². The molecule has 18 heavy (non-hydrogen) atoms. The maximum atomic E-state index is 12.4. The fraction of sp³-hybridized carbons (Fsp3) is 0.286. The molecular formula is C14H15N3O. The summed E-state index contributed by atoms with van der Waals surface area (Å²) in [5.41, 5.74) is 1.64. The highest BCUT2D eigenvalue weighted by Gasteiger charge is 2.16. The summed E-state index contributed by atoms with van der Waals surface area (Å²) in [6.45, 7) is 3.01. The van der Waals surface area contributed by atoms with Crippen molar-refractivity contribution in [3.8, 4) is 6.07 Å². The fourth-order valence-corrected chi connectivity index (χ4v) is 2.03. The number of nitrogens with one attached hydrogen (secondary N) is 1. The SMILES string of the molecule is CCN(CCC#N)C(=O)c1cccc2[nH]ccc12. The number of fused-ring (bicyclic) bond motifs is 1. The number of carbonyl (C=O) groups excluding carboxylic acids is 1. The van der Waals surface area contributed by atoms with Gasteiger partial charge in [-0.3, -0.25) is 4.79 Å². The Bertz CT molecular complexity index is 594. The van der Waals surface area contributed by atoms with Crippen LogP contribution in [0, 0.1) is 11.3 Å². The number of aromatic nitrogens is 1. The molecule has 0 aliphatic carbocycles. The molecule has 4 nitrogen and oxygen atoms in total. The van der Waals surface area contributed by atoms with Crippen LogP contribution in [0.4, 0.5) is 0 Å². The number of benzene rings is 1. The average Bonchev–Trinajstić information content (AvgIpc) is 2.87. The summed E-state index contributed by atoms with van der Waals surface area (Å²) in [6, 6.07) is 9.61. The molecule has 1 amide bonds. The Morgan fingerprint density at radius 2 is 2.28 bits per heavy atom. The Kier molecular flexibility index (Phi) is 3.63. The molecule has 2 rings (SSSR count). The average molecular weight is 241 g/mol. The fourth-order valence-electron chi connectivity index (χ4n) is 2.03. The highest BCUT2D eigenvalue weighted by molar-refractivity contribution is 6.06. The molecule has 1 aromatic heterocycles. The lowest BCUT2D eigenvalue weighted by Gasteiger charge is -2.19. The Balaban J connectivity index is 2.32. The van der Waals surface area contributed by atoms with Crippen molar-refractivity contribution >= 4 is 16.8 Å². The molecule has 4 heteroatoms. The lowest BCUT2D eigenvalue weighted by molar-refractivity contribution is 0.0770. The van der Waals surface area contributed by atoms with Gasteiger partial charge in [0, 0.05) is 35.8 Å². The van der Waals surface area contributed by atoms with Crippen molar-refractivity contribution in [2.24, 2.45) is 0 Å². The number of amides is 1. The molecule has 0 bridgehead atoms. The molecule has 0 aliphatic rings. The van der Waals surface area contributed by atoms with Gasteiger partial charge in [0.25, 0.3) is 5.91 Å². The molecule has 0 aliphatic heterocycles. The van der Waals surface area contributed by atoms with Gasteiger partial charge in [-0.2, -0.15) is 5.26 Å². The third-order valence-corrected chi connectivity index (χ3v) is 2.99. The van der Waals surface area contributed by atoms with E-state index in [1.807, 2.05) is 37.4 Å². The molecule has 0 saturated carbocycles. The Morgan fingerprint density at radius 1 is 1.44 bits per heavy atom. The van der Waals surface area contributed by atoms with E-state index in [-0.39, 0.29) is 5.91 Å². The lowest BCUT2D eigenvalue weighted by Crippen LogP contribution is -2.31. The first-order chi connectivity index (χ1) is 8.77. The highest BCUT2D eigenvalue weighted by atomic mass is 16.2. The first-order valence-electron chi connectivity index (χ1n) is 6.00. The number of nitriles is 1. The monoisotopic (exact) mass is 241 g/mol. The number of rotatable bonds is 4. The van der Waals surface area contributed by atoms with Gasteiger partial charge in [0.2, 0.25) is 0 Å². The molecule has 0 spiro atoms. The summed E-state index contributed by atoms with van der Waals surface area (Å²) in [7, 11) is 0. The van der Waals surface area contributed by atoms with Gasteiger partial charge < -0.3 is 9.88 Å². The number of H-pyrrole nitrogens is 1. The molecule has 0 radical (unpaired) electrons. The minimum atomic E-state index is -0.0158. The largest absolute Gasteiger partial charge is 0.361 e. The van der Waals surface area contributed by atoms with Crippen LogP contribution >= 0.6 is 0 Å². The molecule has 2 aromatic rings. The van der Waals surface area contributed by atoms with Crippen LogP contribution in [0.25, 0.3) is 10.9 Å². The molecular weight excluding hydrogens is 226 g/mol. The lowest BCUT2D eigenvalue weighted by atomic mass is 10.1. The zero-order chi connectivity index (χ0) is 13.0. The van der Waals surface area contributed by atoms with E-state index >= 15 is 0 Å². The van der Waals surface area contributed by atoms with E-state index in [0.717, 1.165) is 10.9 Å². The minimum absolute atomic E-state index is 0.0158. The molecule has 1 heterocycles. The predicted octanol–water partition coefficient (Wildman–Crippen LogP) is 2.54. The van der Waals surface area contributed by atoms with E-state index < -0.39 is 0 Å². The van der Waals surface area contributed by atoms with Crippen molar-refractivity contribution in [1.82, 2.24) is 9.88 Å². The summed E-state index contributed by atoms with van der Waals surface area (Å²) in [4.78, 5) is 17.2. The maximum absolute atomic E-state index is 12.4. The van der Waals surface area contributed by atoms with Gasteiger partial charge >= 0.3 is 0 Å². The van der Waals surface area contributed by atoms with E-state index in [9.17, 15) is 4.79 Å². The van der Waals surface area contributed by atoms with Gasteiger partial charge in [-0.25, -0.2) is 0 Å². The predicted molar refractivity (Wildman–Crippen MR) is 70.1 cm³/mol. The van der Waals surface area contributed by atoms with Crippen LogP contribution in [0.1, 0.15) is 23.7 Å². The van der Waals surface area contributed by atoms with Crippen molar-refractivity contribution < 1.29 is 4.79 Å². The number of nitrogens with zero attached hydrogens (tertiary/aromatic N) is 2. The van der Waals surface area contributed by atoms with Crippen molar-refractivity contribution in [2.45, 2.75) is 13.3 Å². The van der Waals surface area contributed by atoms with E-state index in [0.29, 0.717) is 25.1 Å². The second-order valence-corrected chi connectivity index (χ2v) is 4.04. The molecule has 92 valence electrons. The van der Waals surface area contributed by atoms with Gasteiger partial charge in [0.05, 0.1) is 12.5 Å². The number of carbonyl (C=O) groups is 1. The van der Waals surface area contributed by atoms with Crippen LogP contribution in [0.15, 0.2) is 30.5 Å². The van der Waals surface area contributed by atoms with Crippen LogP contribution in [0.5, 0.6) is 0 Å². The van der Waals surface area contributed by atoms with Crippen molar-refractivity contribution in [3.05, 3.63) is 36.0 Å². The molecule has 0 atom stereocenters. The van der Waals surface area contributed by atoms with Crippen molar-refractivity contribution in [3.63, 3.8) is 0 Å². The summed E-state index contributed by atoms with van der Waals surface area (Å²) in [6.07, 6.45) is 2.19. The standard InChI is InChI=1S/C14H15N3O/c1-2-17(10-4-8-15)14(18)12-5-3-6-13-11(12)7-9-16-13/h3,5-7,9,16H,2,4,10H2,1H3. The smallest absolute Gasteiger partial charge is 0.254 e. The summed E-state index contributed by atoms with van der Waals surface area (Å²) in [5, 5.41) is 9.54. The molecule has 1 N–H and O–H groups in total. The topological polar surface area (TPSA) is 59.9 Å². The summed E-state index contributed by atoms with van der Waals surface area (Å²) < 4.78 is 0. The van der Waals surface area contributed by atoms with E-state index in [4.69, 9.17) is 5.26 Å². The first-order valence-corrected chi connectivity index (χ1v) is 6.00. The first kappa shape index (κ1) is 12.2. The van der Waals surface area contributed by atoms with E-state index in [1.165, 1.54) is 0 Å². The molecule has 1 aromatic carbocycles. The quantitative estimate of drug-likeness (QED) is 0.894.